The van der Waals surface area contributed by atoms with Crippen LogP contribution in [0.1, 0.15) is 6.42 Å². The molecule has 0 spiro atoms. The maximum absolute atomic E-state index is 10.9. The Hall–Kier alpha value is -0.740. The number of hydrogen-bond donors (Lipinski definition) is 0. The molecule has 0 aliphatic carbocycles. The predicted molar refractivity (Wildman–Crippen MR) is 52.1 cm³/mol. The molecule has 68 valence electrons. The lowest BCUT2D eigenvalue weighted by molar-refractivity contribution is -0.135. The first kappa shape index (κ1) is 11.3. The molecule has 0 rings (SSSR count). The van der Waals surface area contributed by atoms with Crippen LogP contribution in [0.5, 0.6) is 0 Å². The number of carbonyl (C=O) groups is 1. The molecule has 0 bridgehead atoms. The smallest absolute Gasteiger partial charge is 0.313 e. The summed E-state index contributed by atoms with van der Waals surface area (Å²) in [7, 11) is 3.78. The SMILES string of the molecule is C=CC(=S)OC(=O)CCN(C)C. The minimum absolute atomic E-state index is 0.138. The highest BCUT2D eigenvalue weighted by Gasteiger charge is 2.04. The largest absolute Gasteiger partial charge is 0.415 e. The zero-order chi connectivity index (χ0) is 9.56. The fourth-order valence-corrected chi connectivity index (χ4v) is 0.613. The van der Waals surface area contributed by atoms with E-state index in [-0.39, 0.29) is 11.0 Å². The van der Waals surface area contributed by atoms with Crippen LogP contribution in [0.15, 0.2) is 12.7 Å². The van der Waals surface area contributed by atoms with Crippen molar-refractivity contribution >= 4 is 23.2 Å². The first-order valence-electron chi connectivity index (χ1n) is 3.58. The lowest BCUT2D eigenvalue weighted by Gasteiger charge is -2.07. The number of nitrogens with zero attached hydrogens (tertiary/aromatic N) is 1. The molecule has 0 aliphatic heterocycles. The fraction of sp³-hybridized carbons (Fsp3) is 0.500. The molecule has 0 radical (unpaired) electrons. The van der Waals surface area contributed by atoms with E-state index in [1.54, 1.807) is 0 Å². The second-order valence-electron chi connectivity index (χ2n) is 2.55. The molecule has 0 atom stereocenters. The van der Waals surface area contributed by atoms with Crippen molar-refractivity contribution in [3.05, 3.63) is 12.7 Å². The van der Waals surface area contributed by atoms with Gasteiger partial charge < -0.3 is 9.64 Å². The van der Waals surface area contributed by atoms with Crippen molar-refractivity contribution in [1.29, 1.82) is 0 Å². The Balaban J connectivity index is 3.60. The van der Waals surface area contributed by atoms with Gasteiger partial charge in [0, 0.05) is 6.54 Å². The van der Waals surface area contributed by atoms with Crippen molar-refractivity contribution in [3.63, 3.8) is 0 Å². The van der Waals surface area contributed by atoms with Crippen LogP contribution in [-0.2, 0) is 9.53 Å². The third kappa shape index (κ3) is 6.00. The molecule has 0 aromatic heterocycles. The van der Waals surface area contributed by atoms with Gasteiger partial charge >= 0.3 is 5.97 Å². The maximum atomic E-state index is 10.9. The van der Waals surface area contributed by atoms with E-state index >= 15 is 0 Å². The molecule has 0 saturated carbocycles. The molecule has 0 aromatic rings. The zero-order valence-corrected chi connectivity index (χ0v) is 8.19. The van der Waals surface area contributed by atoms with Crippen molar-refractivity contribution in [3.8, 4) is 0 Å². The van der Waals surface area contributed by atoms with E-state index in [4.69, 9.17) is 4.74 Å². The number of carbonyl (C=O) groups excluding carboxylic acids is 1. The standard InChI is InChI=1S/C8H13NO2S/c1-4-8(12)11-7(10)5-6-9(2)3/h4H,1,5-6H2,2-3H3. The van der Waals surface area contributed by atoms with Gasteiger partial charge in [0.2, 0.25) is 0 Å². The van der Waals surface area contributed by atoms with Gasteiger partial charge in [-0.15, -0.1) is 0 Å². The molecule has 12 heavy (non-hydrogen) atoms. The monoisotopic (exact) mass is 187 g/mol. The topological polar surface area (TPSA) is 29.5 Å². The van der Waals surface area contributed by atoms with E-state index < -0.39 is 0 Å². The Bertz CT molecular complexity index is 189. The molecular formula is C8H13NO2S. The number of thiocarbonyl (C=S) groups is 1. The quantitative estimate of drug-likeness (QED) is 0.373. The van der Waals surface area contributed by atoms with Crippen molar-refractivity contribution in [2.75, 3.05) is 20.6 Å². The summed E-state index contributed by atoms with van der Waals surface area (Å²) in [5.41, 5.74) is 0. The summed E-state index contributed by atoms with van der Waals surface area (Å²) in [6, 6.07) is 0. The maximum Gasteiger partial charge on any atom is 0.313 e. The molecule has 3 nitrogen and oxygen atoms in total. The Morgan fingerprint density at radius 3 is 2.67 bits per heavy atom. The van der Waals surface area contributed by atoms with Crippen molar-refractivity contribution in [1.82, 2.24) is 4.90 Å². The highest BCUT2D eigenvalue weighted by atomic mass is 32.1. The van der Waals surface area contributed by atoms with Crippen LogP contribution in [-0.4, -0.2) is 36.6 Å². The van der Waals surface area contributed by atoms with E-state index in [1.165, 1.54) is 6.08 Å². The Morgan fingerprint density at radius 2 is 2.25 bits per heavy atom. The van der Waals surface area contributed by atoms with Crippen LogP contribution in [0.25, 0.3) is 0 Å². The number of hydrogen-bond acceptors (Lipinski definition) is 4. The van der Waals surface area contributed by atoms with Crippen LogP contribution >= 0.6 is 12.2 Å². The van der Waals surface area contributed by atoms with Crippen LogP contribution in [0.3, 0.4) is 0 Å². The molecule has 0 fully saturated rings. The summed E-state index contributed by atoms with van der Waals surface area (Å²) in [5, 5.41) is 0.138. The van der Waals surface area contributed by atoms with Gasteiger partial charge in [-0.3, -0.25) is 4.79 Å². The average Bonchev–Trinajstić information content (AvgIpc) is 2.00. The highest BCUT2D eigenvalue weighted by molar-refractivity contribution is 7.80. The molecule has 0 aliphatic rings. The number of rotatable bonds is 4. The Labute approximate surface area is 78.0 Å². The third-order valence-electron chi connectivity index (χ3n) is 1.14. The minimum atomic E-state index is -0.311. The molecule has 0 N–H and O–H groups in total. The average molecular weight is 187 g/mol. The number of esters is 1. The molecule has 0 aromatic carbocycles. The molecule has 0 unspecified atom stereocenters. The fourth-order valence-electron chi connectivity index (χ4n) is 0.520. The third-order valence-corrected chi connectivity index (χ3v) is 1.39. The van der Waals surface area contributed by atoms with Gasteiger partial charge in [-0.05, 0) is 32.4 Å². The van der Waals surface area contributed by atoms with E-state index in [0.29, 0.717) is 13.0 Å². The molecule has 0 saturated heterocycles. The van der Waals surface area contributed by atoms with Gasteiger partial charge in [-0.2, -0.15) is 0 Å². The van der Waals surface area contributed by atoms with E-state index in [2.05, 4.69) is 18.8 Å². The Morgan fingerprint density at radius 1 is 1.67 bits per heavy atom. The lowest BCUT2D eigenvalue weighted by Crippen LogP contribution is -2.18. The summed E-state index contributed by atoms with van der Waals surface area (Å²) >= 11 is 4.64. The predicted octanol–water partition coefficient (Wildman–Crippen LogP) is 0.995. The summed E-state index contributed by atoms with van der Waals surface area (Å²) in [4.78, 5) is 12.8. The van der Waals surface area contributed by atoms with Crippen LogP contribution in [0.2, 0.25) is 0 Å². The van der Waals surface area contributed by atoms with Crippen LogP contribution in [0.4, 0.5) is 0 Å². The van der Waals surface area contributed by atoms with Crippen LogP contribution in [0, 0.1) is 0 Å². The first-order valence-corrected chi connectivity index (χ1v) is 3.99. The molecule has 4 heteroatoms. The van der Waals surface area contributed by atoms with Gasteiger partial charge in [-0.25, -0.2) is 0 Å². The van der Waals surface area contributed by atoms with Gasteiger partial charge in [-0.1, -0.05) is 6.58 Å². The van der Waals surface area contributed by atoms with Gasteiger partial charge in [0.1, 0.15) is 0 Å². The zero-order valence-electron chi connectivity index (χ0n) is 7.37. The van der Waals surface area contributed by atoms with E-state index in [9.17, 15) is 4.79 Å². The summed E-state index contributed by atoms with van der Waals surface area (Å²) in [5.74, 6) is -0.311. The first-order chi connectivity index (χ1) is 5.56. The number of ether oxygens (including phenoxy) is 1. The lowest BCUT2D eigenvalue weighted by atomic mass is 10.4. The minimum Gasteiger partial charge on any atom is -0.415 e. The van der Waals surface area contributed by atoms with E-state index in [1.807, 2.05) is 19.0 Å². The Kier molecular flexibility index (Phi) is 5.49. The van der Waals surface area contributed by atoms with Crippen LogP contribution < -0.4 is 0 Å². The van der Waals surface area contributed by atoms with Gasteiger partial charge in [0.05, 0.1) is 6.42 Å². The highest BCUT2D eigenvalue weighted by Crippen LogP contribution is 1.91. The normalized spacial score (nSPS) is 9.58. The second kappa shape index (κ2) is 5.85. The second-order valence-corrected chi connectivity index (χ2v) is 2.95. The van der Waals surface area contributed by atoms with Gasteiger partial charge in [0.15, 0.2) is 5.05 Å². The summed E-state index contributed by atoms with van der Waals surface area (Å²) < 4.78 is 4.70. The molecule has 0 amide bonds. The van der Waals surface area contributed by atoms with Crippen molar-refractivity contribution < 1.29 is 9.53 Å². The summed E-state index contributed by atoms with van der Waals surface area (Å²) in [6.45, 7) is 4.05. The van der Waals surface area contributed by atoms with Crippen molar-refractivity contribution in [2.24, 2.45) is 0 Å². The summed E-state index contributed by atoms with van der Waals surface area (Å²) in [6.07, 6.45) is 1.68. The van der Waals surface area contributed by atoms with Crippen molar-refractivity contribution in [2.45, 2.75) is 6.42 Å². The molecular weight excluding hydrogens is 174 g/mol. The van der Waals surface area contributed by atoms with Gasteiger partial charge in [0.25, 0.3) is 0 Å². The molecule has 0 heterocycles. The van der Waals surface area contributed by atoms with E-state index in [0.717, 1.165) is 0 Å².